The van der Waals surface area contributed by atoms with E-state index in [2.05, 4.69) is 0 Å². The molecule has 1 aliphatic rings. The summed E-state index contributed by atoms with van der Waals surface area (Å²) in [6, 6.07) is 4.23. The van der Waals surface area contributed by atoms with E-state index in [0.29, 0.717) is 31.7 Å². The number of carbonyl (C=O) groups excluding carboxylic acids is 1. The van der Waals surface area contributed by atoms with Crippen LogP contribution in [0.25, 0.3) is 0 Å². The van der Waals surface area contributed by atoms with E-state index in [1.807, 2.05) is 0 Å². The highest BCUT2D eigenvalue weighted by Gasteiger charge is 2.30. The quantitative estimate of drug-likeness (QED) is 0.837. The average molecular weight is 332 g/mol. The summed E-state index contributed by atoms with van der Waals surface area (Å²) in [5.41, 5.74) is 0.285. The number of carbonyl (C=O) groups is 1. The Morgan fingerprint density at radius 2 is 2.00 bits per heavy atom. The van der Waals surface area contributed by atoms with E-state index in [1.165, 1.54) is 22.5 Å². The molecule has 0 spiro atoms. The van der Waals surface area contributed by atoms with Crippen LogP contribution in [0.5, 0.6) is 0 Å². The maximum absolute atomic E-state index is 12.6. The molecule has 1 aromatic carbocycles. The van der Waals surface area contributed by atoms with Gasteiger partial charge in [-0.2, -0.15) is 4.31 Å². The van der Waals surface area contributed by atoms with Gasteiger partial charge in [0.05, 0.1) is 5.02 Å². The fraction of sp³-hybridized carbons (Fsp3) is 0.500. The number of aldehydes is 1. The van der Waals surface area contributed by atoms with Crippen LogP contribution in [0.3, 0.4) is 0 Å². The molecule has 0 unspecified atom stereocenters. The number of benzene rings is 1. The van der Waals surface area contributed by atoms with Crippen molar-refractivity contribution in [2.45, 2.75) is 24.2 Å². The van der Waals surface area contributed by atoms with Crippen LogP contribution in [0.4, 0.5) is 0 Å². The topological polar surface area (TPSA) is 74.7 Å². The Balaban J connectivity index is 2.21. The summed E-state index contributed by atoms with van der Waals surface area (Å²) in [7, 11) is -3.68. The molecule has 0 aliphatic carbocycles. The highest BCUT2D eigenvalue weighted by Crippen LogP contribution is 2.29. The van der Waals surface area contributed by atoms with Gasteiger partial charge in [0, 0.05) is 25.3 Å². The first-order chi connectivity index (χ1) is 9.98. The third kappa shape index (κ3) is 3.63. The van der Waals surface area contributed by atoms with E-state index >= 15 is 0 Å². The van der Waals surface area contributed by atoms with Crippen molar-refractivity contribution in [2.24, 2.45) is 5.92 Å². The van der Waals surface area contributed by atoms with Gasteiger partial charge in [0.1, 0.15) is 11.2 Å². The lowest BCUT2D eigenvalue weighted by atomic mass is 9.95. The van der Waals surface area contributed by atoms with Gasteiger partial charge in [0.15, 0.2) is 0 Å². The molecule has 1 N–H and O–H groups in total. The molecular weight excluding hydrogens is 314 g/mol. The molecule has 0 bridgehead atoms. The minimum Gasteiger partial charge on any atom is -0.396 e. The average Bonchev–Trinajstić information content (AvgIpc) is 2.48. The van der Waals surface area contributed by atoms with Crippen LogP contribution in [0, 0.1) is 5.92 Å². The number of rotatable bonds is 5. The van der Waals surface area contributed by atoms with Crippen molar-refractivity contribution in [1.82, 2.24) is 4.31 Å². The van der Waals surface area contributed by atoms with E-state index in [-0.39, 0.29) is 22.1 Å². The Morgan fingerprint density at radius 3 is 2.57 bits per heavy atom. The monoisotopic (exact) mass is 331 g/mol. The van der Waals surface area contributed by atoms with Gasteiger partial charge in [-0.1, -0.05) is 17.7 Å². The maximum Gasteiger partial charge on any atom is 0.244 e. The summed E-state index contributed by atoms with van der Waals surface area (Å²) in [6.07, 6.45) is 2.76. The van der Waals surface area contributed by atoms with Crippen LogP contribution in [-0.2, 0) is 10.0 Å². The SMILES string of the molecule is O=Cc1ccc(Cl)c(S(=O)(=O)N2CCC(CCO)CC2)c1. The molecule has 0 radical (unpaired) electrons. The molecule has 0 saturated carbocycles. The van der Waals surface area contributed by atoms with Crippen molar-refractivity contribution in [3.05, 3.63) is 28.8 Å². The van der Waals surface area contributed by atoms with Gasteiger partial charge in [-0.05, 0) is 37.3 Å². The van der Waals surface area contributed by atoms with Crippen molar-refractivity contribution in [2.75, 3.05) is 19.7 Å². The number of aliphatic hydroxyl groups excluding tert-OH is 1. The minimum atomic E-state index is -3.68. The van der Waals surface area contributed by atoms with Crippen LogP contribution in [-0.4, -0.2) is 43.8 Å². The molecule has 5 nitrogen and oxygen atoms in total. The van der Waals surface area contributed by atoms with Crippen LogP contribution in [0.15, 0.2) is 23.1 Å². The van der Waals surface area contributed by atoms with Crippen LogP contribution < -0.4 is 0 Å². The molecule has 7 heteroatoms. The fourth-order valence-corrected chi connectivity index (χ4v) is 4.53. The Bertz CT molecular complexity index is 609. The van der Waals surface area contributed by atoms with E-state index < -0.39 is 10.0 Å². The van der Waals surface area contributed by atoms with Gasteiger partial charge < -0.3 is 5.11 Å². The Kier molecular flexibility index (Phi) is 5.37. The first kappa shape index (κ1) is 16.4. The van der Waals surface area contributed by atoms with Gasteiger partial charge >= 0.3 is 0 Å². The molecule has 1 aromatic rings. The predicted molar refractivity (Wildman–Crippen MR) is 80.0 cm³/mol. The molecule has 1 heterocycles. The second kappa shape index (κ2) is 6.87. The van der Waals surface area contributed by atoms with Crippen molar-refractivity contribution in [3.8, 4) is 0 Å². The second-order valence-corrected chi connectivity index (χ2v) is 7.48. The number of piperidine rings is 1. The number of hydrogen-bond donors (Lipinski definition) is 1. The first-order valence-corrected chi connectivity index (χ1v) is 8.66. The smallest absolute Gasteiger partial charge is 0.244 e. The standard InChI is InChI=1S/C14H18ClNO4S/c15-13-2-1-12(10-18)9-14(13)21(19,20)16-6-3-11(4-7-16)5-8-17/h1-2,9-11,17H,3-8H2. The van der Waals surface area contributed by atoms with Gasteiger partial charge in [0.2, 0.25) is 10.0 Å². The zero-order chi connectivity index (χ0) is 15.5. The molecular formula is C14H18ClNO4S. The molecule has 0 atom stereocenters. The summed E-state index contributed by atoms with van der Waals surface area (Å²) in [6.45, 7) is 0.952. The van der Waals surface area contributed by atoms with Crippen molar-refractivity contribution in [1.29, 1.82) is 0 Å². The number of aliphatic hydroxyl groups is 1. The van der Waals surface area contributed by atoms with Crippen LogP contribution in [0.1, 0.15) is 29.6 Å². The molecule has 0 aromatic heterocycles. The van der Waals surface area contributed by atoms with Crippen molar-refractivity contribution >= 4 is 27.9 Å². The number of halogens is 1. The van der Waals surface area contributed by atoms with Gasteiger partial charge in [-0.15, -0.1) is 0 Å². The summed E-state index contributed by atoms with van der Waals surface area (Å²) >= 11 is 5.98. The zero-order valence-electron chi connectivity index (χ0n) is 11.5. The highest BCUT2D eigenvalue weighted by molar-refractivity contribution is 7.89. The maximum atomic E-state index is 12.6. The Labute approximate surface area is 129 Å². The third-order valence-electron chi connectivity index (χ3n) is 3.82. The van der Waals surface area contributed by atoms with Crippen molar-refractivity contribution < 1.29 is 18.3 Å². The lowest BCUT2D eigenvalue weighted by Crippen LogP contribution is -2.38. The molecule has 116 valence electrons. The summed E-state index contributed by atoms with van der Waals surface area (Å²) in [5.74, 6) is 0.359. The van der Waals surface area contributed by atoms with Crippen molar-refractivity contribution in [3.63, 3.8) is 0 Å². The van der Waals surface area contributed by atoms with Gasteiger partial charge in [0.25, 0.3) is 0 Å². The van der Waals surface area contributed by atoms with E-state index in [0.717, 1.165) is 12.8 Å². The Morgan fingerprint density at radius 1 is 1.33 bits per heavy atom. The van der Waals surface area contributed by atoms with Gasteiger partial charge in [-0.25, -0.2) is 8.42 Å². The molecule has 21 heavy (non-hydrogen) atoms. The lowest BCUT2D eigenvalue weighted by molar-refractivity contribution is 0.112. The fourth-order valence-electron chi connectivity index (χ4n) is 2.55. The van der Waals surface area contributed by atoms with Crippen LogP contribution >= 0.6 is 11.6 Å². The zero-order valence-corrected chi connectivity index (χ0v) is 13.1. The molecule has 1 aliphatic heterocycles. The number of nitrogens with zero attached hydrogens (tertiary/aromatic N) is 1. The summed E-state index contributed by atoms with van der Waals surface area (Å²) in [4.78, 5) is 10.8. The normalized spacial score (nSPS) is 17.8. The molecule has 1 fully saturated rings. The molecule has 1 saturated heterocycles. The number of sulfonamides is 1. The second-order valence-electron chi connectivity index (χ2n) is 5.17. The van der Waals surface area contributed by atoms with Crippen LogP contribution in [0.2, 0.25) is 5.02 Å². The molecule has 0 amide bonds. The van der Waals surface area contributed by atoms with E-state index in [9.17, 15) is 13.2 Å². The largest absolute Gasteiger partial charge is 0.396 e. The highest BCUT2D eigenvalue weighted by atomic mass is 35.5. The van der Waals surface area contributed by atoms with Gasteiger partial charge in [-0.3, -0.25) is 4.79 Å². The lowest BCUT2D eigenvalue weighted by Gasteiger charge is -2.31. The third-order valence-corrected chi connectivity index (χ3v) is 6.20. The first-order valence-electron chi connectivity index (χ1n) is 6.84. The van der Waals surface area contributed by atoms with E-state index in [4.69, 9.17) is 16.7 Å². The van der Waals surface area contributed by atoms with E-state index in [1.54, 1.807) is 0 Å². The summed E-state index contributed by atoms with van der Waals surface area (Å²) < 4.78 is 26.6. The predicted octanol–water partition coefficient (Wildman–Crippen LogP) is 1.94. The Hall–Kier alpha value is -0.950. The molecule has 2 rings (SSSR count). The summed E-state index contributed by atoms with van der Waals surface area (Å²) in [5, 5.41) is 9.06. The minimum absolute atomic E-state index is 0.0191. The number of hydrogen-bond acceptors (Lipinski definition) is 4.